The predicted molar refractivity (Wildman–Crippen MR) is 83.4 cm³/mol. The van der Waals surface area contributed by atoms with Crippen LogP contribution in [-0.2, 0) is 0 Å². The molecule has 0 aliphatic heterocycles. The first kappa shape index (κ1) is 14.7. The van der Waals surface area contributed by atoms with Crippen LogP contribution in [0, 0.1) is 6.92 Å². The third-order valence-corrected chi connectivity index (χ3v) is 3.39. The van der Waals surface area contributed by atoms with Crippen LogP contribution in [0.1, 0.15) is 15.9 Å². The van der Waals surface area contributed by atoms with Crippen molar-refractivity contribution in [2.24, 2.45) is 5.84 Å². The van der Waals surface area contributed by atoms with Gasteiger partial charge in [-0.1, -0.05) is 23.2 Å². The van der Waals surface area contributed by atoms with Crippen molar-refractivity contribution in [2.75, 3.05) is 10.7 Å². The monoisotopic (exact) mass is 309 g/mol. The summed E-state index contributed by atoms with van der Waals surface area (Å²) in [6, 6.07) is 10.0. The van der Waals surface area contributed by atoms with Crippen molar-refractivity contribution in [3.63, 3.8) is 0 Å². The smallest absolute Gasteiger partial charge is 0.255 e. The Morgan fingerprint density at radius 3 is 2.50 bits per heavy atom. The first-order chi connectivity index (χ1) is 9.51. The van der Waals surface area contributed by atoms with Gasteiger partial charge in [0.15, 0.2) is 0 Å². The number of carbonyl (C=O) groups excluding carboxylic acids is 1. The number of rotatable bonds is 3. The molecular formula is C14H13Cl2N3O. The molecule has 0 spiro atoms. The Kier molecular flexibility index (Phi) is 4.49. The van der Waals surface area contributed by atoms with Crippen molar-refractivity contribution in [3.8, 4) is 0 Å². The summed E-state index contributed by atoms with van der Waals surface area (Å²) in [6.07, 6.45) is 0. The molecule has 0 heterocycles. The molecule has 0 aliphatic rings. The fraction of sp³-hybridized carbons (Fsp3) is 0.0714. The molecule has 0 aliphatic carbocycles. The van der Waals surface area contributed by atoms with Crippen molar-refractivity contribution in [2.45, 2.75) is 6.92 Å². The summed E-state index contributed by atoms with van der Waals surface area (Å²) in [5.74, 6) is 5.09. The molecule has 0 saturated heterocycles. The molecule has 1 amide bonds. The number of hydrogen-bond acceptors (Lipinski definition) is 3. The Morgan fingerprint density at radius 2 is 1.85 bits per heavy atom. The number of nitrogen functional groups attached to an aromatic ring is 1. The minimum absolute atomic E-state index is 0.263. The van der Waals surface area contributed by atoms with Crippen LogP contribution in [0.5, 0.6) is 0 Å². The molecule has 2 aromatic carbocycles. The SMILES string of the molecule is Cc1cc(C(=O)Nc2cc(Cl)ccc2Cl)ccc1NN. The summed E-state index contributed by atoms with van der Waals surface area (Å²) in [5.41, 5.74) is 5.18. The average molecular weight is 310 g/mol. The minimum atomic E-state index is -0.263. The quantitative estimate of drug-likeness (QED) is 0.596. The van der Waals surface area contributed by atoms with Gasteiger partial charge in [0.2, 0.25) is 0 Å². The number of hydrazine groups is 1. The summed E-state index contributed by atoms with van der Waals surface area (Å²) < 4.78 is 0. The Morgan fingerprint density at radius 1 is 1.10 bits per heavy atom. The zero-order valence-electron chi connectivity index (χ0n) is 10.7. The lowest BCUT2D eigenvalue weighted by Crippen LogP contribution is -2.14. The van der Waals surface area contributed by atoms with E-state index in [-0.39, 0.29) is 5.91 Å². The van der Waals surface area contributed by atoms with Gasteiger partial charge in [0.25, 0.3) is 5.91 Å². The van der Waals surface area contributed by atoms with Gasteiger partial charge in [-0.15, -0.1) is 0 Å². The molecule has 0 aromatic heterocycles. The van der Waals surface area contributed by atoms with E-state index >= 15 is 0 Å². The van der Waals surface area contributed by atoms with Gasteiger partial charge in [0, 0.05) is 10.6 Å². The molecule has 0 radical (unpaired) electrons. The largest absolute Gasteiger partial charge is 0.324 e. The van der Waals surface area contributed by atoms with Gasteiger partial charge in [-0.2, -0.15) is 0 Å². The molecule has 0 bridgehead atoms. The van der Waals surface area contributed by atoms with Gasteiger partial charge in [-0.05, 0) is 48.9 Å². The number of nitrogens with two attached hydrogens (primary N) is 1. The van der Waals surface area contributed by atoms with E-state index in [0.717, 1.165) is 11.3 Å². The number of benzene rings is 2. The Balaban J connectivity index is 2.24. The summed E-state index contributed by atoms with van der Waals surface area (Å²) >= 11 is 11.9. The molecule has 4 N–H and O–H groups in total. The maximum Gasteiger partial charge on any atom is 0.255 e. The van der Waals surface area contributed by atoms with Crippen LogP contribution in [0.3, 0.4) is 0 Å². The number of nitrogens with one attached hydrogen (secondary N) is 2. The van der Waals surface area contributed by atoms with Crippen molar-refractivity contribution in [3.05, 3.63) is 57.6 Å². The van der Waals surface area contributed by atoms with Gasteiger partial charge < -0.3 is 10.7 Å². The average Bonchev–Trinajstić information content (AvgIpc) is 2.42. The second kappa shape index (κ2) is 6.13. The zero-order chi connectivity index (χ0) is 14.7. The second-order valence-corrected chi connectivity index (χ2v) is 5.10. The van der Waals surface area contributed by atoms with Gasteiger partial charge in [-0.25, -0.2) is 0 Å². The number of carbonyl (C=O) groups is 1. The van der Waals surface area contributed by atoms with Crippen LogP contribution >= 0.6 is 23.2 Å². The van der Waals surface area contributed by atoms with Gasteiger partial charge in [0.1, 0.15) is 0 Å². The summed E-state index contributed by atoms with van der Waals surface area (Å²) in [4.78, 5) is 12.2. The first-order valence-electron chi connectivity index (χ1n) is 5.85. The zero-order valence-corrected chi connectivity index (χ0v) is 12.2. The highest BCUT2D eigenvalue weighted by molar-refractivity contribution is 6.35. The molecule has 20 heavy (non-hydrogen) atoms. The van der Waals surface area contributed by atoms with E-state index in [1.54, 1.807) is 36.4 Å². The standard InChI is InChI=1S/C14H13Cl2N3O/c1-8-6-9(2-5-12(8)19-17)14(20)18-13-7-10(15)3-4-11(13)16/h2-7,19H,17H2,1H3,(H,18,20). The molecule has 0 unspecified atom stereocenters. The summed E-state index contributed by atoms with van der Waals surface area (Å²) in [5, 5.41) is 3.66. The lowest BCUT2D eigenvalue weighted by molar-refractivity contribution is 0.102. The highest BCUT2D eigenvalue weighted by Crippen LogP contribution is 2.26. The highest BCUT2D eigenvalue weighted by atomic mass is 35.5. The lowest BCUT2D eigenvalue weighted by Gasteiger charge is -2.10. The molecule has 0 fully saturated rings. The van der Waals surface area contributed by atoms with E-state index in [1.165, 1.54) is 0 Å². The second-order valence-electron chi connectivity index (χ2n) is 4.25. The van der Waals surface area contributed by atoms with Crippen LogP contribution in [0.2, 0.25) is 10.0 Å². The van der Waals surface area contributed by atoms with Crippen molar-refractivity contribution in [1.82, 2.24) is 0 Å². The van der Waals surface area contributed by atoms with Crippen molar-refractivity contribution < 1.29 is 4.79 Å². The molecule has 104 valence electrons. The van der Waals surface area contributed by atoms with Crippen LogP contribution in [0.25, 0.3) is 0 Å². The molecule has 2 aromatic rings. The number of anilines is 2. The normalized spacial score (nSPS) is 10.2. The number of aryl methyl sites for hydroxylation is 1. The third kappa shape index (κ3) is 3.22. The highest BCUT2D eigenvalue weighted by Gasteiger charge is 2.10. The Bertz CT molecular complexity index is 659. The van der Waals surface area contributed by atoms with E-state index in [1.807, 2.05) is 6.92 Å². The van der Waals surface area contributed by atoms with Crippen molar-refractivity contribution >= 4 is 40.5 Å². The Labute approximate surface area is 126 Å². The lowest BCUT2D eigenvalue weighted by atomic mass is 10.1. The molecule has 2 rings (SSSR count). The van der Waals surface area contributed by atoms with E-state index in [4.69, 9.17) is 29.0 Å². The van der Waals surface area contributed by atoms with E-state index in [0.29, 0.717) is 21.3 Å². The van der Waals surface area contributed by atoms with Gasteiger partial charge in [0.05, 0.1) is 16.4 Å². The van der Waals surface area contributed by atoms with Gasteiger partial charge >= 0.3 is 0 Å². The van der Waals surface area contributed by atoms with Crippen LogP contribution < -0.4 is 16.6 Å². The van der Waals surface area contributed by atoms with E-state index < -0.39 is 0 Å². The maximum atomic E-state index is 12.2. The van der Waals surface area contributed by atoms with E-state index in [2.05, 4.69) is 10.7 Å². The number of halogens is 2. The van der Waals surface area contributed by atoms with Crippen LogP contribution in [0.15, 0.2) is 36.4 Å². The van der Waals surface area contributed by atoms with Crippen molar-refractivity contribution in [1.29, 1.82) is 0 Å². The Hall–Kier alpha value is -1.75. The molecular weight excluding hydrogens is 297 g/mol. The minimum Gasteiger partial charge on any atom is -0.324 e. The molecule has 0 saturated carbocycles. The first-order valence-corrected chi connectivity index (χ1v) is 6.60. The number of hydrogen-bond donors (Lipinski definition) is 3. The van der Waals surface area contributed by atoms with Crippen LogP contribution in [0.4, 0.5) is 11.4 Å². The third-order valence-electron chi connectivity index (χ3n) is 2.82. The summed E-state index contributed by atoms with van der Waals surface area (Å²) in [6.45, 7) is 1.86. The van der Waals surface area contributed by atoms with Gasteiger partial charge in [-0.3, -0.25) is 10.6 Å². The summed E-state index contributed by atoms with van der Waals surface area (Å²) in [7, 11) is 0. The molecule has 6 heteroatoms. The predicted octanol–water partition coefficient (Wildman–Crippen LogP) is 3.84. The number of amides is 1. The molecule has 4 nitrogen and oxygen atoms in total. The van der Waals surface area contributed by atoms with Crippen LogP contribution in [-0.4, -0.2) is 5.91 Å². The van der Waals surface area contributed by atoms with E-state index in [9.17, 15) is 4.79 Å². The fourth-order valence-electron chi connectivity index (χ4n) is 1.75. The molecule has 0 atom stereocenters. The maximum absolute atomic E-state index is 12.2. The topological polar surface area (TPSA) is 67.2 Å². The fourth-order valence-corrected chi connectivity index (χ4v) is 2.09.